The molecule has 0 amide bonds. The Morgan fingerprint density at radius 1 is 1.06 bits per heavy atom. The molecule has 1 unspecified atom stereocenters. The van der Waals surface area contributed by atoms with Gasteiger partial charge in [-0.15, -0.1) is 0 Å². The third kappa shape index (κ3) is 4.58. The van der Waals surface area contributed by atoms with E-state index in [1.165, 1.54) is 0 Å². The third-order valence-electron chi connectivity index (χ3n) is 7.50. The lowest BCUT2D eigenvalue weighted by molar-refractivity contribution is 0.0494. The number of hydrogen-bond donors (Lipinski definition) is 1. The maximum Gasteiger partial charge on any atom is 0.264 e. The van der Waals surface area contributed by atoms with Gasteiger partial charge in [0.2, 0.25) is 0 Å². The van der Waals surface area contributed by atoms with Crippen LogP contribution in [-0.4, -0.2) is 39.4 Å². The van der Waals surface area contributed by atoms with E-state index in [1.54, 1.807) is 22.5 Å². The number of rotatable bonds is 7. The van der Waals surface area contributed by atoms with Crippen molar-refractivity contribution in [2.24, 2.45) is 11.8 Å². The Balaban J connectivity index is 1.47. The lowest BCUT2D eigenvalue weighted by Gasteiger charge is -2.39. The number of aryl methyl sites for hydroxylation is 3. The van der Waals surface area contributed by atoms with Crippen molar-refractivity contribution < 1.29 is 23.0 Å². The highest BCUT2D eigenvalue weighted by molar-refractivity contribution is 7.92. The lowest BCUT2D eigenvalue weighted by atomic mass is 9.92. The first kappa shape index (κ1) is 23.6. The molecule has 6 nitrogen and oxygen atoms in total. The molecule has 1 saturated heterocycles. The van der Waals surface area contributed by atoms with Gasteiger partial charge in [0.1, 0.15) is 5.75 Å². The molecule has 2 fully saturated rings. The second kappa shape index (κ2) is 9.51. The quantitative estimate of drug-likeness (QED) is 0.624. The van der Waals surface area contributed by atoms with E-state index in [9.17, 15) is 13.5 Å². The SMILES string of the molecule is Cc1cc(C)c2c(c1)CCC(C1CC1)N2S(=O)(=O)c1ccc(OCC2CCOCC2)c(CO)c1. The standard InChI is InChI=1S/C27H35NO5S/c1-18-13-19(2)27-22(14-18)5-7-25(21-3-4-21)28(27)34(30,31)24-6-8-26(23(15-24)16-29)33-17-20-9-11-32-12-10-20/h6,8,13-15,20-21,25,29H,3-5,7,9-12,16-17H2,1-2H3. The number of benzene rings is 2. The molecular formula is C27H35NO5S. The Kier molecular flexibility index (Phi) is 6.62. The van der Waals surface area contributed by atoms with Crippen LogP contribution in [0.5, 0.6) is 5.75 Å². The number of sulfonamides is 1. The molecule has 1 aliphatic carbocycles. The van der Waals surface area contributed by atoms with Gasteiger partial charge in [0.15, 0.2) is 0 Å². The molecule has 184 valence electrons. The van der Waals surface area contributed by atoms with Gasteiger partial charge >= 0.3 is 0 Å². The lowest BCUT2D eigenvalue weighted by Crippen LogP contribution is -2.45. The van der Waals surface area contributed by atoms with Gasteiger partial charge in [0.25, 0.3) is 10.0 Å². The average Bonchev–Trinajstić information content (AvgIpc) is 3.68. The third-order valence-corrected chi connectivity index (χ3v) is 9.32. The summed E-state index contributed by atoms with van der Waals surface area (Å²) in [7, 11) is -3.80. The summed E-state index contributed by atoms with van der Waals surface area (Å²) < 4.78 is 41.3. The zero-order valence-electron chi connectivity index (χ0n) is 20.1. The monoisotopic (exact) mass is 485 g/mol. The molecule has 2 heterocycles. The van der Waals surface area contributed by atoms with Crippen molar-refractivity contribution in [3.05, 3.63) is 52.6 Å². The van der Waals surface area contributed by atoms with Crippen molar-refractivity contribution in [3.8, 4) is 5.75 Å². The molecule has 0 aromatic heterocycles. The van der Waals surface area contributed by atoms with Crippen LogP contribution in [0.2, 0.25) is 0 Å². The Bertz CT molecular complexity index is 1150. The summed E-state index contributed by atoms with van der Waals surface area (Å²) in [4.78, 5) is 0.216. The van der Waals surface area contributed by atoms with Crippen LogP contribution in [0.3, 0.4) is 0 Å². The maximum absolute atomic E-state index is 14.1. The number of nitrogens with zero attached hydrogens (tertiary/aromatic N) is 1. The van der Waals surface area contributed by atoms with E-state index >= 15 is 0 Å². The van der Waals surface area contributed by atoms with E-state index in [0.29, 0.717) is 29.8 Å². The van der Waals surface area contributed by atoms with Crippen LogP contribution in [0.4, 0.5) is 5.69 Å². The minimum absolute atomic E-state index is 0.0130. The first-order valence-electron chi connectivity index (χ1n) is 12.5. The molecule has 5 rings (SSSR count). The zero-order valence-corrected chi connectivity index (χ0v) is 20.9. The minimum Gasteiger partial charge on any atom is -0.493 e. The van der Waals surface area contributed by atoms with E-state index in [-0.39, 0.29) is 17.5 Å². The van der Waals surface area contributed by atoms with E-state index in [0.717, 1.165) is 74.1 Å². The fraction of sp³-hybridized carbons (Fsp3) is 0.556. The van der Waals surface area contributed by atoms with Gasteiger partial charge in [0.05, 0.1) is 23.8 Å². The predicted molar refractivity (Wildman–Crippen MR) is 132 cm³/mol. The number of ether oxygens (including phenoxy) is 2. The van der Waals surface area contributed by atoms with Crippen LogP contribution < -0.4 is 9.04 Å². The summed E-state index contributed by atoms with van der Waals surface area (Å²) in [5.74, 6) is 1.39. The molecule has 1 saturated carbocycles. The van der Waals surface area contributed by atoms with Crippen LogP contribution >= 0.6 is 0 Å². The summed E-state index contributed by atoms with van der Waals surface area (Å²) >= 11 is 0. The summed E-state index contributed by atoms with van der Waals surface area (Å²) in [5.41, 5.74) is 4.62. The molecule has 2 aromatic carbocycles. The summed E-state index contributed by atoms with van der Waals surface area (Å²) in [5, 5.41) is 10.0. The molecule has 1 atom stereocenters. The topological polar surface area (TPSA) is 76.1 Å². The van der Waals surface area contributed by atoms with Gasteiger partial charge in [-0.1, -0.05) is 17.7 Å². The summed E-state index contributed by atoms with van der Waals surface area (Å²) in [6.45, 7) is 5.84. The van der Waals surface area contributed by atoms with Crippen LogP contribution in [0.15, 0.2) is 35.2 Å². The summed E-state index contributed by atoms with van der Waals surface area (Å²) in [6.07, 6.45) is 5.83. The molecular weight excluding hydrogens is 450 g/mol. The number of aliphatic hydroxyl groups is 1. The molecule has 0 bridgehead atoms. The highest BCUT2D eigenvalue weighted by atomic mass is 32.2. The molecule has 2 aromatic rings. The Hall–Kier alpha value is -2.09. The van der Waals surface area contributed by atoms with Gasteiger partial charge in [0, 0.05) is 24.8 Å². The van der Waals surface area contributed by atoms with Crippen LogP contribution in [0.1, 0.15) is 54.4 Å². The Morgan fingerprint density at radius 3 is 2.53 bits per heavy atom. The average molecular weight is 486 g/mol. The second-order valence-electron chi connectivity index (χ2n) is 10.1. The van der Waals surface area contributed by atoms with Crippen LogP contribution in [0, 0.1) is 25.7 Å². The fourth-order valence-electron chi connectivity index (χ4n) is 5.56. The first-order valence-corrected chi connectivity index (χ1v) is 13.9. The zero-order chi connectivity index (χ0) is 23.9. The van der Waals surface area contributed by atoms with E-state index in [4.69, 9.17) is 9.47 Å². The largest absolute Gasteiger partial charge is 0.493 e. The van der Waals surface area contributed by atoms with Gasteiger partial charge in [-0.2, -0.15) is 0 Å². The minimum atomic E-state index is -3.80. The number of hydrogen-bond acceptors (Lipinski definition) is 5. The van der Waals surface area contributed by atoms with Gasteiger partial charge in [-0.3, -0.25) is 4.31 Å². The van der Waals surface area contributed by atoms with Gasteiger partial charge in [-0.05, 0) is 93.5 Å². The number of aliphatic hydroxyl groups excluding tert-OH is 1. The second-order valence-corrected chi connectivity index (χ2v) is 11.9. The molecule has 34 heavy (non-hydrogen) atoms. The van der Waals surface area contributed by atoms with E-state index in [1.807, 2.05) is 6.92 Å². The fourth-order valence-corrected chi connectivity index (χ4v) is 7.46. The van der Waals surface area contributed by atoms with Crippen molar-refractivity contribution in [1.29, 1.82) is 0 Å². The maximum atomic E-state index is 14.1. The van der Waals surface area contributed by atoms with Crippen molar-refractivity contribution in [1.82, 2.24) is 0 Å². The smallest absolute Gasteiger partial charge is 0.264 e. The Labute approximate surface area is 202 Å². The van der Waals surface area contributed by atoms with Crippen molar-refractivity contribution in [2.75, 3.05) is 24.1 Å². The van der Waals surface area contributed by atoms with Gasteiger partial charge < -0.3 is 14.6 Å². The van der Waals surface area contributed by atoms with E-state index < -0.39 is 10.0 Å². The molecule has 7 heteroatoms. The van der Waals surface area contributed by atoms with Crippen LogP contribution in [-0.2, 0) is 27.8 Å². The van der Waals surface area contributed by atoms with Crippen LogP contribution in [0.25, 0.3) is 0 Å². The molecule has 2 aliphatic heterocycles. The first-order chi connectivity index (χ1) is 16.4. The highest BCUT2D eigenvalue weighted by Gasteiger charge is 2.44. The van der Waals surface area contributed by atoms with E-state index in [2.05, 4.69) is 19.1 Å². The Morgan fingerprint density at radius 2 is 1.82 bits per heavy atom. The normalized spacial score (nSPS) is 21.4. The predicted octanol–water partition coefficient (Wildman–Crippen LogP) is 4.52. The van der Waals surface area contributed by atoms with Crippen molar-refractivity contribution in [3.63, 3.8) is 0 Å². The molecule has 0 radical (unpaired) electrons. The number of anilines is 1. The van der Waals surface area contributed by atoms with Crippen molar-refractivity contribution >= 4 is 15.7 Å². The highest BCUT2D eigenvalue weighted by Crippen LogP contribution is 2.46. The summed E-state index contributed by atoms with van der Waals surface area (Å²) in [6, 6.07) is 9.12. The molecule has 3 aliphatic rings. The molecule has 1 N–H and O–H groups in total. The number of fused-ring (bicyclic) bond motifs is 1. The molecule has 0 spiro atoms. The van der Waals surface area contributed by atoms with Gasteiger partial charge in [-0.25, -0.2) is 8.42 Å². The van der Waals surface area contributed by atoms with Crippen molar-refractivity contribution in [2.45, 2.75) is 69.9 Å².